The van der Waals surface area contributed by atoms with Crippen molar-refractivity contribution in [1.82, 2.24) is 0 Å². The normalized spacial score (nSPS) is 21.4. The van der Waals surface area contributed by atoms with Crippen LogP contribution in [0.3, 0.4) is 0 Å². The molecule has 6 rings (SSSR count). The highest BCUT2D eigenvalue weighted by Crippen LogP contribution is 2.57. The van der Waals surface area contributed by atoms with Gasteiger partial charge in [0.05, 0.1) is 5.92 Å². The predicted molar refractivity (Wildman–Crippen MR) is 120 cm³/mol. The topological polar surface area (TPSA) is 80.7 Å². The van der Waals surface area contributed by atoms with E-state index in [9.17, 15) is 39.6 Å². The standard InChI is InChI=1S/C25H18F6O5S/c26-24(27,28)23(25(29,30)31,12-37(33,34)35)36-22(32)20-11-18-15-7-3-4-8-16(15)21(20)19-10-14-6-2-1-5-13(14)9-17(18)19/h1-10,18,20-21H,11-12H2,(H,33,34,35). The number of ether oxygens (including phenoxy) is 1. The van der Waals surface area contributed by atoms with Crippen LogP contribution in [0.25, 0.3) is 10.8 Å². The van der Waals surface area contributed by atoms with Crippen molar-refractivity contribution in [1.29, 1.82) is 0 Å². The molecule has 3 aliphatic rings. The molecule has 37 heavy (non-hydrogen) atoms. The number of halogens is 6. The van der Waals surface area contributed by atoms with Gasteiger partial charge in [-0.15, -0.1) is 0 Å². The van der Waals surface area contributed by atoms with Crippen LogP contribution in [0.1, 0.15) is 40.5 Å². The van der Waals surface area contributed by atoms with Crippen LogP contribution in [0.15, 0.2) is 60.7 Å². The number of esters is 1. The Kier molecular flexibility index (Phi) is 5.65. The summed E-state index contributed by atoms with van der Waals surface area (Å²) in [6.45, 7) is 0. The largest absolute Gasteiger partial charge is 0.438 e. The Morgan fingerprint density at radius 1 is 0.838 bits per heavy atom. The van der Waals surface area contributed by atoms with E-state index in [0.29, 0.717) is 11.1 Å². The first-order valence-electron chi connectivity index (χ1n) is 11.1. The van der Waals surface area contributed by atoms with Gasteiger partial charge < -0.3 is 4.74 Å². The van der Waals surface area contributed by atoms with Crippen LogP contribution in [0.2, 0.25) is 0 Å². The van der Waals surface area contributed by atoms with Gasteiger partial charge in [0, 0.05) is 11.8 Å². The van der Waals surface area contributed by atoms with Crippen LogP contribution < -0.4 is 0 Å². The Balaban J connectivity index is 1.63. The van der Waals surface area contributed by atoms with Crippen molar-refractivity contribution in [3.8, 4) is 0 Å². The molecule has 3 aliphatic carbocycles. The summed E-state index contributed by atoms with van der Waals surface area (Å²) in [5, 5.41) is 1.65. The molecular formula is C25H18F6O5S. The van der Waals surface area contributed by atoms with Gasteiger partial charge in [0.1, 0.15) is 5.75 Å². The molecule has 0 aromatic heterocycles. The SMILES string of the molecule is O=C(OC(CS(=O)(=O)O)(C(F)(F)F)C(F)(F)F)C1CC2c3ccccc3C1c1cc3ccccc3cc12. The molecule has 0 heterocycles. The first-order valence-corrected chi connectivity index (χ1v) is 12.7. The molecule has 5 nitrogen and oxygen atoms in total. The third kappa shape index (κ3) is 4.06. The van der Waals surface area contributed by atoms with Crippen molar-refractivity contribution in [2.24, 2.45) is 5.92 Å². The zero-order valence-corrected chi connectivity index (χ0v) is 19.5. The van der Waals surface area contributed by atoms with E-state index >= 15 is 0 Å². The molecule has 196 valence electrons. The van der Waals surface area contributed by atoms with Crippen molar-refractivity contribution >= 4 is 26.9 Å². The maximum absolute atomic E-state index is 13.8. The minimum absolute atomic E-state index is 0.135. The maximum atomic E-state index is 13.8. The lowest BCUT2D eigenvalue weighted by atomic mass is 9.59. The van der Waals surface area contributed by atoms with E-state index in [1.165, 1.54) is 0 Å². The van der Waals surface area contributed by atoms with Gasteiger partial charge in [-0.3, -0.25) is 9.35 Å². The zero-order valence-electron chi connectivity index (χ0n) is 18.7. The summed E-state index contributed by atoms with van der Waals surface area (Å²) in [6, 6.07) is 17.8. The Morgan fingerprint density at radius 2 is 1.35 bits per heavy atom. The Labute approximate surface area is 206 Å². The van der Waals surface area contributed by atoms with Gasteiger partial charge in [-0.05, 0) is 39.4 Å². The summed E-state index contributed by atoms with van der Waals surface area (Å²) in [5.41, 5.74) is -2.68. The van der Waals surface area contributed by atoms with Crippen molar-refractivity contribution in [3.63, 3.8) is 0 Å². The minimum atomic E-state index is -6.38. The molecule has 3 aromatic rings. The van der Waals surface area contributed by atoms with E-state index in [0.717, 1.165) is 21.9 Å². The maximum Gasteiger partial charge on any atom is 0.438 e. The van der Waals surface area contributed by atoms with Crippen LogP contribution >= 0.6 is 0 Å². The fourth-order valence-corrected chi connectivity index (χ4v) is 6.48. The summed E-state index contributed by atoms with van der Waals surface area (Å²) >= 11 is 0. The lowest BCUT2D eigenvalue weighted by Gasteiger charge is -2.45. The van der Waals surface area contributed by atoms with Gasteiger partial charge in [0.15, 0.2) is 0 Å². The van der Waals surface area contributed by atoms with Crippen LogP contribution in [0.5, 0.6) is 0 Å². The monoisotopic (exact) mass is 544 g/mol. The molecular weight excluding hydrogens is 526 g/mol. The number of hydrogen-bond acceptors (Lipinski definition) is 4. The van der Waals surface area contributed by atoms with Crippen LogP contribution in [0.4, 0.5) is 26.3 Å². The number of benzene rings is 3. The second-order valence-corrected chi connectivity index (χ2v) is 10.8. The first-order chi connectivity index (χ1) is 17.1. The van der Waals surface area contributed by atoms with Crippen LogP contribution in [-0.2, 0) is 19.6 Å². The van der Waals surface area contributed by atoms with Crippen LogP contribution in [0, 0.1) is 5.92 Å². The van der Waals surface area contributed by atoms with Gasteiger partial charge >= 0.3 is 23.9 Å². The average Bonchev–Trinajstić information content (AvgIpc) is 2.80. The number of rotatable bonds is 4. The Hall–Kier alpha value is -3.12. The third-order valence-corrected chi connectivity index (χ3v) is 7.91. The fraction of sp³-hybridized carbons (Fsp3) is 0.320. The molecule has 12 heteroatoms. The third-order valence-electron chi connectivity index (χ3n) is 7.14. The van der Waals surface area contributed by atoms with Crippen molar-refractivity contribution in [3.05, 3.63) is 82.9 Å². The number of hydrogen-bond donors (Lipinski definition) is 1. The highest BCUT2D eigenvalue weighted by Gasteiger charge is 2.76. The summed E-state index contributed by atoms with van der Waals surface area (Å²) in [4.78, 5) is 13.2. The highest BCUT2D eigenvalue weighted by atomic mass is 32.2. The van der Waals surface area contributed by atoms with E-state index in [2.05, 4.69) is 4.74 Å². The van der Waals surface area contributed by atoms with Gasteiger partial charge in [-0.25, -0.2) is 0 Å². The molecule has 0 radical (unpaired) electrons. The van der Waals surface area contributed by atoms with Gasteiger partial charge in [-0.2, -0.15) is 34.8 Å². The molecule has 1 N–H and O–H groups in total. The molecule has 0 saturated carbocycles. The molecule has 0 spiro atoms. The smallest absolute Gasteiger partial charge is 0.438 e. The molecule has 0 amide bonds. The highest BCUT2D eigenvalue weighted by molar-refractivity contribution is 7.85. The minimum Gasteiger partial charge on any atom is -0.438 e. The van der Waals surface area contributed by atoms with Crippen molar-refractivity contribution < 1.29 is 48.8 Å². The summed E-state index contributed by atoms with van der Waals surface area (Å²) in [7, 11) is -5.87. The number of alkyl halides is 6. The summed E-state index contributed by atoms with van der Waals surface area (Å²) < 4.78 is 118. The molecule has 3 atom stereocenters. The summed E-state index contributed by atoms with van der Waals surface area (Å²) in [5.74, 6) is -7.64. The molecule has 3 unspecified atom stereocenters. The quantitative estimate of drug-likeness (QED) is 0.258. The Bertz CT molecular complexity index is 1500. The molecule has 0 saturated heterocycles. The zero-order chi connectivity index (χ0) is 27.0. The molecule has 0 fully saturated rings. The lowest BCUT2D eigenvalue weighted by Crippen LogP contribution is -2.64. The van der Waals surface area contributed by atoms with E-state index < -0.39 is 57.5 Å². The van der Waals surface area contributed by atoms with Crippen molar-refractivity contribution in [2.75, 3.05) is 5.75 Å². The fourth-order valence-electron chi connectivity index (χ4n) is 5.58. The second kappa shape index (κ2) is 8.19. The van der Waals surface area contributed by atoms with E-state index in [-0.39, 0.29) is 6.42 Å². The van der Waals surface area contributed by atoms with Crippen LogP contribution in [-0.4, -0.2) is 42.6 Å². The number of carbonyl (C=O) groups is 1. The van der Waals surface area contributed by atoms with Gasteiger partial charge in [0.2, 0.25) is 0 Å². The van der Waals surface area contributed by atoms with Gasteiger partial charge in [-0.1, -0.05) is 60.7 Å². The van der Waals surface area contributed by atoms with Crippen molar-refractivity contribution in [2.45, 2.75) is 36.2 Å². The lowest BCUT2D eigenvalue weighted by molar-refractivity contribution is -0.362. The average molecular weight is 544 g/mol. The second-order valence-electron chi connectivity index (χ2n) is 9.30. The van der Waals surface area contributed by atoms with E-state index in [1.54, 1.807) is 42.5 Å². The predicted octanol–water partition coefficient (Wildman–Crippen LogP) is 5.73. The molecule has 0 aliphatic heterocycles. The van der Waals surface area contributed by atoms with E-state index in [1.807, 2.05) is 18.2 Å². The number of carbonyl (C=O) groups excluding carboxylic acids is 1. The Morgan fingerprint density at radius 3 is 1.89 bits per heavy atom. The molecule has 2 bridgehead atoms. The summed E-state index contributed by atoms with van der Waals surface area (Å²) in [6.07, 6.45) is -12.9. The number of fused-ring (bicyclic) bond motifs is 2. The molecule has 3 aromatic carbocycles. The first kappa shape index (κ1) is 25.5. The van der Waals surface area contributed by atoms with Gasteiger partial charge in [0.25, 0.3) is 10.1 Å². The van der Waals surface area contributed by atoms with E-state index in [4.69, 9.17) is 4.55 Å².